The lowest BCUT2D eigenvalue weighted by Crippen LogP contribution is -2.36. The van der Waals surface area contributed by atoms with Crippen molar-refractivity contribution in [3.8, 4) is 0 Å². The third-order valence-corrected chi connectivity index (χ3v) is 5.20. The maximum Gasteiger partial charge on any atom is 0.306 e. The van der Waals surface area contributed by atoms with Crippen LogP contribution in [-0.2, 0) is 14.3 Å². The summed E-state index contributed by atoms with van der Waals surface area (Å²) < 4.78 is 4.73. The lowest BCUT2D eigenvalue weighted by Gasteiger charge is -2.28. The minimum Gasteiger partial charge on any atom is -0.466 e. The maximum atomic E-state index is 11.7. The number of rotatable bonds is 5. The Hall–Kier alpha value is -0.200. The topological polar surface area (TPSA) is 63.6 Å². The fourth-order valence-electron chi connectivity index (χ4n) is 1.38. The summed E-state index contributed by atoms with van der Waals surface area (Å²) in [6.07, 6.45) is 1.43. The predicted molar refractivity (Wildman–Crippen MR) is 65.1 cm³/mol. The fraction of sp³-hybridized carbons (Fsp3) is 0.800. The number of carbonyl (C=O) groups is 2. The zero-order chi connectivity index (χ0) is 12.0. The van der Waals surface area contributed by atoms with Gasteiger partial charge in [0.05, 0.1) is 13.0 Å². The molecule has 6 heteroatoms. The number of carbonyl (C=O) groups excluding carboxylic acids is 2. The van der Waals surface area contributed by atoms with E-state index in [1.807, 2.05) is 0 Å². The Bertz CT molecular complexity index is 262. The first-order valence-electron chi connectivity index (χ1n) is 5.30. The van der Waals surface area contributed by atoms with Gasteiger partial charge < -0.3 is 9.84 Å². The molecule has 0 aromatic heterocycles. The van der Waals surface area contributed by atoms with E-state index in [0.29, 0.717) is 13.0 Å². The van der Waals surface area contributed by atoms with E-state index >= 15 is 0 Å². The van der Waals surface area contributed by atoms with Crippen LogP contribution >= 0.6 is 21.6 Å². The molecule has 4 nitrogen and oxygen atoms in total. The predicted octanol–water partition coefficient (Wildman–Crippen LogP) is 1.76. The van der Waals surface area contributed by atoms with Gasteiger partial charge in [-0.15, -0.1) is 0 Å². The van der Waals surface area contributed by atoms with Crippen molar-refractivity contribution in [3.05, 3.63) is 0 Å². The van der Waals surface area contributed by atoms with Gasteiger partial charge in [0.1, 0.15) is 0 Å². The van der Waals surface area contributed by atoms with Crippen LogP contribution in [0.3, 0.4) is 0 Å². The molecule has 0 aliphatic carbocycles. The fourth-order valence-corrected chi connectivity index (χ4v) is 4.06. The largest absolute Gasteiger partial charge is 0.466 e. The van der Waals surface area contributed by atoms with Gasteiger partial charge in [0, 0.05) is 12.2 Å². The molecule has 1 aliphatic heterocycles. The SMILES string of the molecule is CCOC(=O)CCC(=O)C1(O)CCCSS1. The first-order chi connectivity index (χ1) is 7.58. The van der Waals surface area contributed by atoms with E-state index < -0.39 is 4.93 Å². The lowest BCUT2D eigenvalue weighted by atomic mass is 10.1. The maximum absolute atomic E-state index is 11.7. The summed E-state index contributed by atoms with van der Waals surface area (Å²) >= 11 is 0. The van der Waals surface area contributed by atoms with Crippen LogP contribution < -0.4 is 0 Å². The van der Waals surface area contributed by atoms with Crippen LogP contribution in [0.15, 0.2) is 0 Å². The minimum atomic E-state index is -1.30. The second kappa shape index (κ2) is 6.51. The molecule has 0 saturated carbocycles. The number of aliphatic hydroxyl groups is 1. The van der Waals surface area contributed by atoms with Gasteiger partial charge in [-0.3, -0.25) is 9.59 Å². The zero-order valence-corrected chi connectivity index (χ0v) is 10.9. The average Bonchev–Trinajstić information content (AvgIpc) is 2.27. The molecule has 1 fully saturated rings. The van der Waals surface area contributed by atoms with Crippen molar-refractivity contribution < 1.29 is 19.4 Å². The highest BCUT2D eigenvalue weighted by Gasteiger charge is 2.38. The number of esters is 1. The van der Waals surface area contributed by atoms with Crippen LogP contribution in [0.4, 0.5) is 0 Å². The van der Waals surface area contributed by atoms with Crippen molar-refractivity contribution in [1.82, 2.24) is 0 Å². The Balaban J connectivity index is 2.36. The van der Waals surface area contributed by atoms with Crippen LogP contribution in [0.25, 0.3) is 0 Å². The zero-order valence-electron chi connectivity index (χ0n) is 9.23. The molecule has 1 unspecified atom stereocenters. The van der Waals surface area contributed by atoms with Crippen LogP contribution in [0.2, 0.25) is 0 Å². The molecule has 0 amide bonds. The number of hydrogen-bond donors (Lipinski definition) is 1. The molecule has 0 radical (unpaired) electrons. The molecule has 0 aromatic rings. The molecule has 1 heterocycles. The van der Waals surface area contributed by atoms with Crippen LogP contribution in [0, 0.1) is 0 Å². The Labute approximate surface area is 103 Å². The monoisotopic (exact) mass is 264 g/mol. The molecule has 0 bridgehead atoms. The lowest BCUT2D eigenvalue weighted by molar-refractivity contribution is -0.145. The van der Waals surface area contributed by atoms with Gasteiger partial charge in [0.2, 0.25) is 0 Å². The second-order valence-corrected chi connectivity index (χ2v) is 6.21. The highest BCUT2D eigenvalue weighted by molar-refractivity contribution is 8.77. The number of hydrogen-bond acceptors (Lipinski definition) is 6. The first kappa shape index (κ1) is 13.9. The van der Waals surface area contributed by atoms with Gasteiger partial charge in [-0.2, -0.15) is 0 Å². The standard InChI is InChI=1S/C10H16O4S2/c1-2-14-9(12)5-4-8(11)10(13)6-3-7-15-16-10/h13H,2-7H2,1H3. The van der Waals surface area contributed by atoms with Crippen molar-refractivity contribution in [2.45, 2.75) is 37.5 Å². The third-order valence-electron chi connectivity index (χ3n) is 2.24. The number of ether oxygens (including phenoxy) is 1. The summed E-state index contributed by atoms with van der Waals surface area (Å²) in [7, 11) is 2.71. The molecule has 0 spiro atoms. The molecule has 1 N–H and O–H groups in total. The van der Waals surface area contributed by atoms with Crippen molar-refractivity contribution in [3.63, 3.8) is 0 Å². The van der Waals surface area contributed by atoms with Crippen molar-refractivity contribution in [2.24, 2.45) is 0 Å². The van der Waals surface area contributed by atoms with Gasteiger partial charge >= 0.3 is 5.97 Å². The molecule has 1 rings (SSSR count). The second-order valence-electron chi connectivity index (χ2n) is 3.52. The third kappa shape index (κ3) is 3.99. The molecule has 92 valence electrons. The van der Waals surface area contributed by atoms with Crippen LogP contribution in [0.1, 0.15) is 32.6 Å². The Morgan fingerprint density at radius 2 is 2.19 bits per heavy atom. The summed E-state index contributed by atoms with van der Waals surface area (Å²) in [5, 5.41) is 10.0. The minimum absolute atomic E-state index is 0.0558. The van der Waals surface area contributed by atoms with Gasteiger partial charge in [-0.05, 0) is 19.8 Å². The smallest absolute Gasteiger partial charge is 0.306 e. The highest BCUT2D eigenvalue weighted by Crippen LogP contribution is 2.43. The van der Waals surface area contributed by atoms with Crippen molar-refractivity contribution in [2.75, 3.05) is 12.4 Å². The summed E-state index contributed by atoms with van der Waals surface area (Å²) in [5.74, 6) is 0.309. The van der Waals surface area contributed by atoms with E-state index in [1.165, 1.54) is 21.6 Å². The van der Waals surface area contributed by atoms with Gasteiger partial charge in [0.25, 0.3) is 0 Å². The average molecular weight is 264 g/mol. The Morgan fingerprint density at radius 1 is 1.44 bits per heavy atom. The summed E-state index contributed by atoms with van der Waals surface area (Å²) in [4.78, 5) is 21.5. The molecular weight excluding hydrogens is 248 g/mol. The van der Waals surface area contributed by atoms with Gasteiger partial charge in [0.15, 0.2) is 10.7 Å². The number of ketones is 1. The van der Waals surface area contributed by atoms with Crippen molar-refractivity contribution in [1.29, 1.82) is 0 Å². The quantitative estimate of drug-likeness (QED) is 0.603. The highest BCUT2D eigenvalue weighted by atomic mass is 33.1. The molecule has 16 heavy (non-hydrogen) atoms. The van der Waals surface area contributed by atoms with E-state index in [9.17, 15) is 14.7 Å². The van der Waals surface area contributed by atoms with E-state index in [-0.39, 0.29) is 24.6 Å². The van der Waals surface area contributed by atoms with E-state index in [0.717, 1.165) is 12.2 Å². The Morgan fingerprint density at radius 3 is 2.75 bits per heavy atom. The normalized spacial score (nSPS) is 25.1. The van der Waals surface area contributed by atoms with E-state index in [1.54, 1.807) is 6.92 Å². The van der Waals surface area contributed by atoms with Gasteiger partial charge in [-0.1, -0.05) is 21.6 Å². The molecule has 1 atom stereocenters. The molecule has 1 aliphatic rings. The van der Waals surface area contributed by atoms with Gasteiger partial charge in [-0.25, -0.2) is 0 Å². The number of Topliss-reactive ketones (excluding diaryl/α,β-unsaturated/α-hetero) is 1. The Kier molecular flexibility index (Phi) is 5.64. The van der Waals surface area contributed by atoms with Crippen molar-refractivity contribution >= 4 is 33.3 Å². The van der Waals surface area contributed by atoms with E-state index in [4.69, 9.17) is 4.74 Å². The van der Waals surface area contributed by atoms with E-state index in [2.05, 4.69) is 0 Å². The van der Waals surface area contributed by atoms with Crippen LogP contribution in [0.5, 0.6) is 0 Å². The van der Waals surface area contributed by atoms with Crippen LogP contribution in [-0.4, -0.2) is 34.2 Å². The molecular formula is C10H16O4S2. The molecule has 0 aromatic carbocycles. The summed E-state index contributed by atoms with van der Waals surface area (Å²) in [6, 6.07) is 0. The molecule has 1 saturated heterocycles. The summed E-state index contributed by atoms with van der Waals surface area (Å²) in [6.45, 7) is 2.04. The summed E-state index contributed by atoms with van der Waals surface area (Å²) in [5.41, 5.74) is 0. The first-order valence-corrected chi connectivity index (χ1v) is 7.62.